The highest BCUT2D eigenvalue weighted by molar-refractivity contribution is 5.95. The van der Waals surface area contributed by atoms with E-state index in [0.29, 0.717) is 24.0 Å². The Kier molecular flexibility index (Phi) is 3.27. The van der Waals surface area contributed by atoms with E-state index in [2.05, 4.69) is 0 Å². The van der Waals surface area contributed by atoms with Gasteiger partial charge in [0, 0.05) is 17.9 Å². The maximum absolute atomic E-state index is 13.9. The highest BCUT2D eigenvalue weighted by Crippen LogP contribution is 2.45. The van der Waals surface area contributed by atoms with Crippen LogP contribution in [-0.4, -0.2) is 11.7 Å². The summed E-state index contributed by atoms with van der Waals surface area (Å²) in [5.41, 5.74) is 0.962. The molecule has 0 saturated heterocycles. The molecule has 0 amide bonds. The van der Waals surface area contributed by atoms with Gasteiger partial charge in [0.1, 0.15) is 0 Å². The van der Waals surface area contributed by atoms with E-state index in [9.17, 15) is 13.6 Å². The zero-order valence-corrected chi connectivity index (χ0v) is 9.88. The standard InChI is InChI=1S/C14H16F2O/c1-10(17)11-6-2-3-7-12(11)13-8-4-5-9-14(13,15)16/h2-3,6-7,13H,4-5,8-9H2,1H3. The molecule has 0 N–H and O–H groups in total. The predicted octanol–water partition coefficient (Wildman–Crippen LogP) is 4.18. The molecular formula is C14H16F2O. The fourth-order valence-electron chi connectivity index (χ4n) is 2.60. The van der Waals surface area contributed by atoms with E-state index < -0.39 is 11.8 Å². The fourth-order valence-corrected chi connectivity index (χ4v) is 2.60. The van der Waals surface area contributed by atoms with Crippen molar-refractivity contribution in [3.05, 3.63) is 35.4 Å². The number of carbonyl (C=O) groups is 1. The van der Waals surface area contributed by atoms with Crippen LogP contribution in [0.15, 0.2) is 24.3 Å². The van der Waals surface area contributed by atoms with Crippen LogP contribution in [0.1, 0.15) is 54.4 Å². The molecule has 1 aromatic rings. The van der Waals surface area contributed by atoms with Crippen molar-refractivity contribution in [2.75, 3.05) is 0 Å². The molecule has 0 bridgehead atoms. The Balaban J connectivity index is 2.42. The summed E-state index contributed by atoms with van der Waals surface area (Å²) in [7, 11) is 0. The minimum Gasteiger partial charge on any atom is -0.295 e. The molecule has 0 spiro atoms. The van der Waals surface area contributed by atoms with Crippen LogP contribution in [0, 0.1) is 0 Å². The third kappa shape index (κ3) is 2.38. The smallest absolute Gasteiger partial charge is 0.254 e. The molecule has 17 heavy (non-hydrogen) atoms. The Bertz CT molecular complexity index is 426. The van der Waals surface area contributed by atoms with Gasteiger partial charge in [0.2, 0.25) is 0 Å². The van der Waals surface area contributed by atoms with Gasteiger partial charge < -0.3 is 0 Å². The van der Waals surface area contributed by atoms with E-state index in [-0.39, 0.29) is 12.2 Å². The molecule has 1 aliphatic carbocycles. The van der Waals surface area contributed by atoms with Crippen molar-refractivity contribution in [2.24, 2.45) is 0 Å². The second kappa shape index (κ2) is 4.55. The first-order valence-electron chi connectivity index (χ1n) is 6.00. The lowest BCUT2D eigenvalue weighted by molar-refractivity contribution is -0.0548. The van der Waals surface area contributed by atoms with Crippen molar-refractivity contribution in [2.45, 2.75) is 44.4 Å². The van der Waals surface area contributed by atoms with Crippen LogP contribution < -0.4 is 0 Å². The molecule has 1 aliphatic rings. The van der Waals surface area contributed by atoms with Gasteiger partial charge in [-0.15, -0.1) is 0 Å². The lowest BCUT2D eigenvalue weighted by atomic mass is 9.78. The number of alkyl halides is 2. The van der Waals surface area contributed by atoms with Crippen molar-refractivity contribution in [1.29, 1.82) is 0 Å². The van der Waals surface area contributed by atoms with Gasteiger partial charge in [0.05, 0.1) is 0 Å². The first-order chi connectivity index (χ1) is 8.02. The van der Waals surface area contributed by atoms with Crippen LogP contribution in [0.3, 0.4) is 0 Å². The van der Waals surface area contributed by atoms with Crippen molar-refractivity contribution >= 4 is 5.78 Å². The highest BCUT2D eigenvalue weighted by Gasteiger charge is 2.43. The molecule has 0 heterocycles. The SMILES string of the molecule is CC(=O)c1ccccc1C1CCCCC1(F)F. The monoisotopic (exact) mass is 238 g/mol. The molecule has 0 aromatic heterocycles. The minimum atomic E-state index is -2.68. The average Bonchev–Trinajstić information content (AvgIpc) is 2.28. The lowest BCUT2D eigenvalue weighted by Crippen LogP contribution is -2.30. The van der Waals surface area contributed by atoms with Crippen molar-refractivity contribution in [3.8, 4) is 0 Å². The fraction of sp³-hybridized carbons (Fsp3) is 0.500. The van der Waals surface area contributed by atoms with E-state index in [1.165, 1.54) is 6.92 Å². The summed E-state index contributed by atoms with van der Waals surface area (Å²) in [6, 6.07) is 6.76. The molecule has 1 atom stereocenters. The van der Waals surface area contributed by atoms with E-state index in [4.69, 9.17) is 0 Å². The molecule has 1 fully saturated rings. The number of Topliss-reactive ketones (excluding diaryl/α,β-unsaturated/α-hetero) is 1. The van der Waals surface area contributed by atoms with E-state index in [1.807, 2.05) is 0 Å². The summed E-state index contributed by atoms with van der Waals surface area (Å²) in [4.78, 5) is 11.5. The lowest BCUT2D eigenvalue weighted by Gasteiger charge is -2.32. The predicted molar refractivity (Wildman–Crippen MR) is 62.6 cm³/mol. The Hall–Kier alpha value is -1.25. The zero-order chi connectivity index (χ0) is 12.5. The van der Waals surface area contributed by atoms with Crippen LogP contribution in [0.5, 0.6) is 0 Å². The zero-order valence-electron chi connectivity index (χ0n) is 9.88. The van der Waals surface area contributed by atoms with Gasteiger partial charge in [0.15, 0.2) is 5.78 Å². The Labute approximate surface area is 99.8 Å². The molecule has 1 unspecified atom stereocenters. The third-order valence-corrected chi connectivity index (χ3v) is 3.48. The summed E-state index contributed by atoms with van der Waals surface area (Å²) in [5, 5.41) is 0. The van der Waals surface area contributed by atoms with Gasteiger partial charge in [-0.05, 0) is 25.3 Å². The van der Waals surface area contributed by atoms with Gasteiger partial charge in [-0.2, -0.15) is 0 Å². The number of carbonyl (C=O) groups excluding carboxylic acids is 1. The molecule has 2 rings (SSSR count). The Morgan fingerprint density at radius 2 is 2.00 bits per heavy atom. The summed E-state index contributed by atoms with van der Waals surface area (Å²) >= 11 is 0. The number of hydrogen-bond donors (Lipinski definition) is 0. The van der Waals surface area contributed by atoms with Crippen LogP contribution in [0.4, 0.5) is 8.78 Å². The minimum absolute atomic E-state index is 0.0656. The van der Waals surface area contributed by atoms with Crippen LogP contribution in [0.2, 0.25) is 0 Å². The van der Waals surface area contributed by atoms with Gasteiger partial charge >= 0.3 is 0 Å². The Morgan fingerprint density at radius 1 is 1.29 bits per heavy atom. The largest absolute Gasteiger partial charge is 0.295 e. The summed E-state index contributed by atoms with van der Waals surface area (Å²) < 4.78 is 27.8. The molecule has 1 aromatic carbocycles. The van der Waals surface area contributed by atoms with E-state index >= 15 is 0 Å². The first-order valence-corrected chi connectivity index (χ1v) is 6.00. The summed E-state index contributed by atoms with van der Waals surface area (Å²) in [6.07, 6.45) is 1.79. The van der Waals surface area contributed by atoms with Gasteiger partial charge in [-0.3, -0.25) is 4.79 Å². The van der Waals surface area contributed by atoms with Crippen LogP contribution in [0.25, 0.3) is 0 Å². The molecule has 92 valence electrons. The molecule has 1 saturated carbocycles. The molecular weight excluding hydrogens is 222 g/mol. The number of rotatable bonds is 2. The summed E-state index contributed by atoms with van der Waals surface area (Å²) in [5.74, 6) is -3.61. The topological polar surface area (TPSA) is 17.1 Å². The van der Waals surface area contributed by atoms with Crippen LogP contribution in [-0.2, 0) is 0 Å². The number of ketones is 1. The molecule has 3 heteroatoms. The average molecular weight is 238 g/mol. The van der Waals surface area contributed by atoms with Crippen molar-refractivity contribution in [3.63, 3.8) is 0 Å². The molecule has 0 aliphatic heterocycles. The van der Waals surface area contributed by atoms with Crippen LogP contribution >= 0.6 is 0 Å². The number of halogens is 2. The maximum atomic E-state index is 13.9. The number of benzene rings is 1. The maximum Gasteiger partial charge on any atom is 0.254 e. The van der Waals surface area contributed by atoms with E-state index in [1.54, 1.807) is 24.3 Å². The highest BCUT2D eigenvalue weighted by atomic mass is 19.3. The van der Waals surface area contributed by atoms with Gasteiger partial charge in [-0.1, -0.05) is 30.7 Å². The van der Waals surface area contributed by atoms with Gasteiger partial charge in [-0.25, -0.2) is 8.78 Å². The third-order valence-electron chi connectivity index (χ3n) is 3.48. The summed E-state index contributed by atoms with van der Waals surface area (Å²) in [6.45, 7) is 1.43. The quantitative estimate of drug-likeness (QED) is 0.706. The second-order valence-electron chi connectivity index (χ2n) is 4.70. The van der Waals surface area contributed by atoms with Crippen molar-refractivity contribution < 1.29 is 13.6 Å². The van der Waals surface area contributed by atoms with Crippen molar-refractivity contribution in [1.82, 2.24) is 0 Å². The Morgan fingerprint density at radius 3 is 2.65 bits per heavy atom. The molecule has 1 nitrogen and oxygen atoms in total. The first kappa shape index (κ1) is 12.2. The van der Waals surface area contributed by atoms with Gasteiger partial charge in [0.25, 0.3) is 5.92 Å². The second-order valence-corrected chi connectivity index (χ2v) is 4.70. The normalized spacial score (nSPS) is 23.4. The molecule has 0 radical (unpaired) electrons. The number of hydrogen-bond acceptors (Lipinski definition) is 1. The van der Waals surface area contributed by atoms with E-state index in [0.717, 1.165) is 6.42 Å².